The van der Waals surface area contributed by atoms with Crippen LogP contribution in [0.4, 0.5) is 0 Å². The highest BCUT2D eigenvalue weighted by Gasteiger charge is 2.26. The van der Waals surface area contributed by atoms with Crippen LogP contribution in [-0.4, -0.2) is 26.2 Å². The zero-order valence-electron chi connectivity index (χ0n) is 33.1. The molecule has 6 nitrogen and oxygen atoms in total. The standard InChI is InChI=1S/C55H38N6/c1-5-15-37(16-6-1)41-25-27-50-48(31-41)49-32-42(38-17-7-2-8-18-38)26-28-51(49)61(50)52-46(39-19-9-3-10-20-39)33-45(34-47(52)40-21-11-4-12-22-40)55-59-53(43-23-13-29-56-35-43)58-54(60-55)44-24-14-30-57-36-44/h1-36,53H,(H,58,59,60). The number of fused-ring (bicyclic) bond motifs is 3. The number of nitrogens with zero attached hydrogens (tertiary/aromatic N) is 5. The Hall–Kier alpha value is -8.22. The summed E-state index contributed by atoms with van der Waals surface area (Å²) < 4.78 is 2.47. The van der Waals surface area contributed by atoms with Gasteiger partial charge >= 0.3 is 0 Å². The summed E-state index contributed by atoms with van der Waals surface area (Å²) in [6.07, 6.45) is 6.81. The average molecular weight is 783 g/mol. The van der Waals surface area contributed by atoms with Crippen LogP contribution < -0.4 is 5.32 Å². The van der Waals surface area contributed by atoms with Gasteiger partial charge in [-0.25, -0.2) is 9.98 Å². The van der Waals surface area contributed by atoms with Crippen molar-refractivity contribution in [2.24, 2.45) is 9.98 Å². The van der Waals surface area contributed by atoms with Gasteiger partial charge in [-0.15, -0.1) is 0 Å². The van der Waals surface area contributed by atoms with Crippen LogP contribution in [0.25, 0.3) is 72.0 Å². The smallest absolute Gasteiger partial charge is 0.160 e. The monoisotopic (exact) mass is 782 g/mol. The Balaban J connectivity index is 1.21. The highest BCUT2D eigenvalue weighted by atomic mass is 15.2. The van der Waals surface area contributed by atoms with Crippen LogP contribution in [0.15, 0.2) is 229 Å². The minimum absolute atomic E-state index is 0.411. The van der Waals surface area contributed by atoms with E-state index in [1.54, 1.807) is 12.4 Å². The quantitative estimate of drug-likeness (QED) is 0.167. The molecule has 0 bridgehead atoms. The average Bonchev–Trinajstić information content (AvgIpc) is 3.67. The molecular weight excluding hydrogens is 745 g/mol. The summed E-state index contributed by atoms with van der Waals surface area (Å²) >= 11 is 0. The fourth-order valence-corrected chi connectivity index (χ4v) is 8.50. The largest absolute Gasteiger partial charge is 0.344 e. The van der Waals surface area contributed by atoms with Crippen LogP contribution in [0, 0.1) is 0 Å². The minimum Gasteiger partial charge on any atom is -0.344 e. The lowest BCUT2D eigenvalue weighted by molar-refractivity contribution is 0.671. The van der Waals surface area contributed by atoms with Gasteiger partial charge in [0.15, 0.2) is 5.84 Å². The van der Waals surface area contributed by atoms with Crippen LogP contribution in [0.2, 0.25) is 0 Å². The summed E-state index contributed by atoms with van der Waals surface area (Å²) in [5.41, 5.74) is 15.1. The van der Waals surface area contributed by atoms with E-state index < -0.39 is 6.17 Å². The van der Waals surface area contributed by atoms with E-state index in [-0.39, 0.29) is 0 Å². The van der Waals surface area contributed by atoms with Crippen molar-refractivity contribution in [1.29, 1.82) is 0 Å². The van der Waals surface area contributed by atoms with Gasteiger partial charge in [-0.1, -0.05) is 140 Å². The summed E-state index contributed by atoms with van der Waals surface area (Å²) in [5, 5.41) is 6.07. The van der Waals surface area contributed by atoms with E-state index in [4.69, 9.17) is 9.98 Å². The topological polar surface area (TPSA) is 67.5 Å². The molecule has 61 heavy (non-hydrogen) atoms. The number of nitrogens with one attached hydrogen (secondary N) is 1. The van der Waals surface area contributed by atoms with E-state index in [1.165, 1.54) is 33.0 Å². The van der Waals surface area contributed by atoms with Gasteiger partial charge in [0.2, 0.25) is 0 Å². The molecule has 0 amide bonds. The lowest BCUT2D eigenvalue weighted by atomic mass is 9.92. The Bertz CT molecular complexity index is 3080. The molecule has 1 unspecified atom stereocenters. The van der Waals surface area contributed by atoms with Crippen molar-refractivity contribution in [3.8, 4) is 50.2 Å². The Morgan fingerprint density at radius 2 is 0.902 bits per heavy atom. The molecule has 1 aliphatic heterocycles. The van der Waals surface area contributed by atoms with Crippen molar-refractivity contribution >= 4 is 33.5 Å². The molecule has 0 saturated carbocycles. The summed E-state index contributed by atoms with van der Waals surface area (Å²) in [4.78, 5) is 19.1. The number of pyridine rings is 2. The lowest BCUT2D eigenvalue weighted by Crippen LogP contribution is -2.33. The molecule has 3 aromatic heterocycles. The SMILES string of the molecule is c1ccc(-c2ccc3c(c2)c2cc(-c4ccccc4)ccc2n3-c2c(-c3ccccc3)cc(C3=NC(c4cccnc4)=NC(c4cccnc4)N3)cc2-c2ccccc2)cc1. The van der Waals surface area contributed by atoms with Crippen LogP contribution in [0.5, 0.6) is 0 Å². The Labute approximate surface area is 353 Å². The number of benzene rings is 7. The van der Waals surface area contributed by atoms with Crippen molar-refractivity contribution < 1.29 is 0 Å². The second-order valence-electron chi connectivity index (χ2n) is 15.2. The second kappa shape index (κ2) is 15.5. The number of hydrogen-bond donors (Lipinski definition) is 1. The molecule has 1 N–H and O–H groups in total. The number of rotatable bonds is 8. The van der Waals surface area contributed by atoms with E-state index >= 15 is 0 Å². The first kappa shape index (κ1) is 35.9. The van der Waals surface area contributed by atoms with Gasteiger partial charge in [0, 0.05) is 63.4 Å². The molecule has 0 fully saturated rings. The van der Waals surface area contributed by atoms with Crippen molar-refractivity contribution in [3.05, 3.63) is 236 Å². The van der Waals surface area contributed by atoms with Crippen LogP contribution >= 0.6 is 0 Å². The molecule has 288 valence electrons. The number of aromatic nitrogens is 3. The molecule has 4 heterocycles. The van der Waals surface area contributed by atoms with Crippen molar-refractivity contribution in [1.82, 2.24) is 19.9 Å². The molecular formula is C55H38N6. The maximum Gasteiger partial charge on any atom is 0.160 e. The van der Waals surface area contributed by atoms with E-state index in [0.717, 1.165) is 55.7 Å². The van der Waals surface area contributed by atoms with Crippen LogP contribution in [-0.2, 0) is 0 Å². The van der Waals surface area contributed by atoms with Gasteiger partial charge in [0.25, 0.3) is 0 Å². The Morgan fingerprint density at radius 1 is 0.410 bits per heavy atom. The molecule has 0 radical (unpaired) electrons. The highest BCUT2D eigenvalue weighted by molar-refractivity contribution is 6.16. The predicted octanol–water partition coefficient (Wildman–Crippen LogP) is 12.7. The Morgan fingerprint density at radius 3 is 1.39 bits per heavy atom. The molecule has 0 saturated heterocycles. The minimum atomic E-state index is -0.411. The first-order valence-electron chi connectivity index (χ1n) is 20.5. The van der Waals surface area contributed by atoms with Crippen molar-refractivity contribution in [3.63, 3.8) is 0 Å². The zero-order valence-corrected chi connectivity index (χ0v) is 33.1. The lowest BCUT2D eigenvalue weighted by Gasteiger charge is -2.25. The first-order valence-corrected chi connectivity index (χ1v) is 20.5. The van der Waals surface area contributed by atoms with Gasteiger partial charge in [-0.2, -0.15) is 0 Å². The third-order valence-electron chi connectivity index (χ3n) is 11.4. The van der Waals surface area contributed by atoms with Crippen LogP contribution in [0.3, 0.4) is 0 Å². The predicted molar refractivity (Wildman–Crippen MR) is 250 cm³/mol. The van der Waals surface area contributed by atoms with E-state index in [9.17, 15) is 0 Å². The summed E-state index contributed by atoms with van der Waals surface area (Å²) in [7, 11) is 0. The van der Waals surface area contributed by atoms with Gasteiger partial charge in [-0.05, 0) is 88.0 Å². The van der Waals surface area contributed by atoms with Gasteiger partial charge in [0.1, 0.15) is 12.0 Å². The first-order chi connectivity index (χ1) is 30.2. The zero-order chi connectivity index (χ0) is 40.5. The summed E-state index contributed by atoms with van der Waals surface area (Å²) in [6, 6.07) is 68.9. The molecule has 1 atom stereocenters. The van der Waals surface area contributed by atoms with E-state index in [2.05, 4.69) is 190 Å². The van der Waals surface area contributed by atoms with Crippen LogP contribution in [0.1, 0.15) is 22.9 Å². The maximum atomic E-state index is 5.23. The normalized spacial score (nSPS) is 13.7. The fraction of sp³-hybridized carbons (Fsp3) is 0.0182. The third kappa shape index (κ3) is 6.76. The number of aliphatic imine (C=N–C) groups is 2. The van der Waals surface area contributed by atoms with Gasteiger partial charge < -0.3 is 9.88 Å². The molecule has 11 rings (SSSR count). The number of hydrogen-bond acceptors (Lipinski definition) is 5. The van der Waals surface area contributed by atoms with E-state index in [1.807, 2.05) is 36.7 Å². The van der Waals surface area contributed by atoms with Gasteiger partial charge in [-0.3, -0.25) is 9.97 Å². The highest BCUT2D eigenvalue weighted by Crippen LogP contribution is 2.44. The van der Waals surface area contributed by atoms with E-state index in [0.29, 0.717) is 11.7 Å². The summed E-state index contributed by atoms with van der Waals surface area (Å²) in [5.74, 6) is 1.32. The molecule has 6 heteroatoms. The van der Waals surface area contributed by atoms with Gasteiger partial charge in [0.05, 0.1) is 16.7 Å². The second-order valence-corrected chi connectivity index (χ2v) is 15.2. The molecule has 0 aliphatic carbocycles. The molecule has 0 spiro atoms. The maximum absolute atomic E-state index is 5.23. The fourth-order valence-electron chi connectivity index (χ4n) is 8.50. The third-order valence-corrected chi connectivity index (χ3v) is 11.4. The van der Waals surface area contributed by atoms with Crippen molar-refractivity contribution in [2.45, 2.75) is 6.17 Å². The molecule has 10 aromatic rings. The number of amidine groups is 2. The Kier molecular flexibility index (Phi) is 9.13. The summed E-state index contributed by atoms with van der Waals surface area (Å²) in [6.45, 7) is 0. The molecule has 1 aliphatic rings. The van der Waals surface area contributed by atoms with Crippen molar-refractivity contribution in [2.75, 3.05) is 0 Å². The molecule has 7 aromatic carbocycles.